The number of hydrogen-bond acceptors (Lipinski definition) is 15. The molecule has 1 aromatic heterocycles. The van der Waals surface area contributed by atoms with Gasteiger partial charge in [-0.2, -0.15) is 0 Å². The first-order valence-electron chi connectivity index (χ1n) is 13.8. The van der Waals surface area contributed by atoms with Gasteiger partial charge in [0.2, 0.25) is 0 Å². The Hall–Kier alpha value is -4.32. The summed E-state index contributed by atoms with van der Waals surface area (Å²) in [5.41, 5.74) is 2.77. The molecule has 2 aromatic rings. The fraction of sp³-hybridized carbons (Fsp3) is 0.519. The van der Waals surface area contributed by atoms with Crippen molar-refractivity contribution in [1.82, 2.24) is 4.98 Å². The third kappa shape index (κ3) is 7.86. The van der Waals surface area contributed by atoms with Gasteiger partial charge in [0.15, 0.2) is 18.0 Å². The zero-order valence-electron chi connectivity index (χ0n) is 23.7. The van der Waals surface area contributed by atoms with Gasteiger partial charge in [0.25, 0.3) is 10.2 Å². The number of carbonyl (C=O) groups excluding carboxylic acids is 2. The predicted molar refractivity (Wildman–Crippen MR) is 146 cm³/mol. The first kappa shape index (κ1) is 32.1. The van der Waals surface area contributed by atoms with Gasteiger partial charge in [-0.15, -0.1) is 20.2 Å². The van der Waals surface area contributed by atoms with Crippen LogP contribution in [0, 0.1) is 27.2 Å². The maximum Gasteiger partial charge on any atom is 0.514 e. The molecule has 242 valence electrons. The molecule has 0 bridgehead atoms. The van der Waals surface area contributed by atoms with Crippen LogP contribution in [0.4, 0.5) is 4.79 Å². The molecule has 45 heavy (non-hydrogen) atoms. The molecule has 1 unspecified atom stereocenters. The van der Waals surface area contributed by atoms with Gasteiger partial charge in [0.1, 0.15) is 31.0 Å². The molecule has 6 atom stereocenters. The van der Waals surface area contributed by atoms with Crippen LogP contribution in [0.15, 0.2) is 30.5 Å². The van der Waals surface area contributed by atoms with E-state index >= 15 is 0 Å². The Balaban J connectivity index is 1.11. The van der Waals surface area contributed by atoms with Crippen molar-refractivity contribution in [3.63, 3.8) is 0 Å². The maximum atomic E-state index is 12.9. The lowest BCUT2D eigenvalue weighted by Crippen LogP contribution is -2.36. The van der Waals surface area contributed by atoms with Gasteiger partial charge in [-0.25, -0.2) is 4.79 Å². The van der Waals surface area contributed by atoms with Crippen molar-refractivity contribution < 1.29 is 57.9 Å². The highest BCUT2D eigenvalue weighted by Gasteiger charge is 2.51. The molecule has 3 aliphatic rings. The van der Waals surface area contributed by atoms with Crippen LogP contribution in [0.25, 0.3) is 0 Å². The number of aromatic nitrogens is 1. The average molecular weight is 654 g/mol. The Labute approximate surface area is 259 Å². The summed E-state index contributed by atoms with van der Waals surface area (Å²) in [5, 5.41) is 19.3. The molecule has 0 aliphatic carbocycles. The molecule has 18 heteroatoms. The second-order valence-electron chi connectivity index (χ2n) is 10.3. The molecule has 5 rings (SSSR count). The van der Waals surface area contributed by atoms with Crippen molar-refractivity contribution in [2.75, 3.05) is 19.8 Å². The van der Waals surface area contributed by atoms with Crippen LogP contribution in [-0.2, 0) is 44.8 Å². The molecule has 0 spiro atoms. The van der Waals surface area contributed by atoms with Gasteiger partial charge in [-0.1, -0.05) is 23.7 Å². The summed E-state index contributed by atoms with van der Waals surface area (Å²) in [5.74, 6) is -0.411. The largest absolute Gasteiger partial charge is 0.514 e. The predicted octanol–water partition coefficient (Wildman–Crippen LogP) is 3.21. The second-order valence-corrected chi connectivity index (χ2v) is 10.8. The molecule has 2 fully saturated rings. The summed E-state index contributed by atoms with van der Waals surface area (Å²) in [4.78, 5) is 59.0. The van der Waals surface area contributed by atoms with Crippen LogP contribution in [0.2, 0.25) is 5.02 Å². The number of hydrogen-bond donors (Lipinski definition) is 0. The highest BCUT2D eigenvalue weighted by atomic mass is 35.5. The molecular weight excluding hydrogens is 626 g/mol. The lowest BCUT2D eigenvalue weighted by atomic mass is 10.0. The molecule has 4 heterocycles. The number of carbonyl (C=O) groups is 2. The number of halogens is 1. The quantitative estimate of drug-likeness (QED) is 0.173. The fourth-order valence-corrected chi connectivity index (χ4v) is 5.45. The van der Waals surface area contributed by atoms with Gasteiger partial charge < -0.3 is 38.1 Å². The number of aryl methyl sites for hydroxylation is 1. The van der Waals surface area contributed by atoms with E-state index in [2.05, 4.69) is 14.7 Å². The summed E-state index contributed by atoms with van der Waals surface area (Å²) in [6.07, 6.45) is -4.16. The molecule has 1 aromatic carbocycles. The topological polar surface area (TPSA) is 207 Å². The molecule has 0 radical (unpaired) electrons. The van der Waals surface area contributed by atoms with E-state index in [1.54, 1.807) is 25.3 Å². The minimum absolute atomic E-state index is 0.0155. The molecule has 0 N–H and O–H groups in total. The number of benzene rings is 1. The third-order valence-corrected chi connectivity index (χ3v) is 7.64. The number of nitrogens with zero attached hydrogens (tertiary/aromatic N) is 3. The minimum Gasteiger partial charge on any atom is -0.457 e. The van der Waals surface area contributed by atoms with Crippen molar-refractivity contribution in [3.05, 3.63) is 78.1 Å². The SMILES string of the molecule is Cc1ncc2c(c1OC(=O)OC1CO[C@@H]3[C@@H](OC(=O)CCC[C@H](CO[N+](=O)[O-])O[N+](=O)[O-])CO[C@H]13)CO[C@H]2c1ccc(Cl)cc1. The number of rotatable bonds is 13. The first-order chi connectivity index (χ1) is 21.6. The van der Waals surface area contributed by atoms with Crippen LogP contribution in [0.1, 0.15) is 47.8 Å². The second kappa shape index (κ2) is 14.2. The highest BCUT2D eigenvalue weighted by molar-refractivity contribution is 6.30. The minimum atomic E-state index is -1.23. The zero-order chi connectivity index (χ0) is 32.1. The van der Waals surface area contributed by atoms with Crippen molar-refractivity contribution in [2.24, 2.45) is 0 Å². The Morgan fingerprint density at radius 1 is 1.04 bits per heavy atom. The van der Waals surface area contributed by atoms with Gasteiger partial charge >= 0.3 is 12.1 Å². The van der Waals surface area contributed by atoms with E-state index in [0.717, 1.165) is 11.1 Å². The van der Waals surface area contributed by atoms with Crippen molar-refractivity contribution in [2.45, 2.75) is 69.4 Å². The lowest BCUT2D eigenvalue weighted by molar-refractivity contribution is -0.790. The summed E-state index contributed by atoms with van der Waals surface area (Å²) in [6.45, 7) is 1.18. The molecule has 0 amide bonds. The van der Waals surface area contributed by atoms with Crippen LogP contribution in [-0.4, -0.2) is 77.6 Å². The first-order valence-corrected chi connectivity index (χ1v) is 14.2. The monoisotopic (exact) mass is 653 g/mol. The molecule has 0 saturated carbocycles. The van der Waals surface area contributed by atoms with Crippen molar-refractivity contribution in [1.29, 1.82) is 0 Å². The highest BCUT2D eigenvalue weighted by Crippen LogP contribution is 2.41. The van der Waals surface area contributed by atoms with Gasteiger partial charge in [-0.05, 0) is 37.5 Å². The van der Waals surface area contributed by atoms with Crippen LogP contribution < -0.4 is 4.74 Å². The van der Waals surface area contributed by atoms with E-state index in [0.29, 0.717) is 16.3 Å². The fourth-order valence-electron chi connectivity index (χ4n) is 5.33. The molecule has 17 nitrogen and oxygen atoms in total. The summed E-state index contributed by atoms with van der Waals surface area (Å²) < 4.78 is 34.0. The number of esters is 1. The van der Waals surface area contributed by atoms with E-state index in [1.165, 1.54) is 0 Å². The van der Waals surface area contributed by atoms with Gasteiger partial charge in [-0.3, -0.25) is 9.78 Å². The number of ether oxygens (including phenoxy) is 6. The van der Waals surface area contributed by atoms with Crippen LogP contribution >= 0.6 is 11.6 Å². The Kier molecular flexibility index (Phi) is 10.1. The van der Waals surface area contributed by atoms with Crippen LogP contribution in [0.3, 0.4) is 0 Å². The lowest BCUT2D eigenvalue weighted by Gasteiger charge is -2.18. The standard InChI is InChI=1S/C27H28ClN3O14/c1-14-23(19-11-38-24(18(19)9-29-14)15-5-7-16(28)8-6-15)44-27(33)43-21-13-40-25-20(12-39-26(21)25)42-22(32)4-2-3-17(45-31(36)37)10-41-30(34)35/h5-9,17,20-21,24-26H,2-4,10-13H2,1H3/t17-,20+,21?,24+,25-,26-/m1/s1. The molecule has 3 aliphatic heterocycles. The summed E-state index contributed by atoms with van der Waals surface area (Å²) in [6, 6.07) is 7.21. The van der Waals surface area contributed by atoms with E-state index in [1.807, 2.05) is 12.1 Å². The molecule has 2 saturated heterocycles. The van der Waals surface area contributed by atoms with Crippen molar-refractivity contribution in [3.8, 4) is 5.75 Å². The summed E-state index contributed by atoms with van der Waals surface area (Å²) >= 11 is 6.01. The van der Waals surface area contributed by atoms with E-state index in [-0.39, 0.29) is 44.8 Å². The van der Waals surface area contributed by atoms with E-state index < -0.39 is 65.5 Å². The smallest absolute Gasteiger partial charge is 0.457 e. The Morgan fingerprint density at radius 3 is 2.40 bits per heavy atom. The van der Waals surface area contributed by atoms with Crippen molar-refractivity contribution >= 4 is 23.7 Å². The Morgan fingerprint density at radius 2 is 1.73 bits per heavy atom. The van der Waals surface area contributed by atoms with Gasteiger partial charge in [0.05, 0.1) is 25.5 Å². The van der Waals surface area contributed by atoms with E-state index in [9.17, 15) is 29.8 Å². The number of pyridine rings is 1. The Bertz CT molecular complexity index is 1430. The average Bonchev–Trinajstić information content (AvgIpc) is 3.70. The summed E-state index contributed by atoms with van der Waals surface area (Å²) in [7, 11) is 0. The normalized spacial score (nSPS) is 23.8. The van der Waals surface area contributed by atoms with E-state index in [4.69, 9.17) is 40.0 Å². The zero-order valence-corrected chi connectivity index (χ0v) is 24.5. The third-order valence-electron chi connectivity index (χ3n) is 7.38. The molecular formula is C27H28ClN3O14. The number of fused-ring (bicyclic) bond motifs is 2. The maximum absolute atomic E-state index is 12.9. The van der Waals surface area contributed by atoms with Gasteiger partial charge in [0, 0.05) is 28.8 Å². The van der Waals surface area contributed by atoms with Crippen LogP contribution in [0.5, 0.6) is 5.75 Å².